The van der Waals surface area contributed by atoms with Gasteiger partial charge >= 0.3 is 0 Å². The van der Waals surface area contributed by atoms with Gasteiger partial charge in [0.1, 0.15) is 0 Å². The Morgan fingerprint density at radius 1 is 1.04 bits per heavy atom. The van der Waals surface area contributed by atoms with Crippen molar-refractivity contribution in [1.82, 2.24) is 4.98 Å². The highest BCUT2D eigenvalue weighted by Gasteiger charge is 2.18. The number of methoxy groups -OCH3 is 1. The average molecular weight is 366 g/mol. The van der Waals surface area contributed by atoms with Gasteiger partial charge in [-0.2, -0.15) is 0 Å². The molecule has 0 N–H and O–H groups in total. The number of hydrogen-bond donors (Lipinski definition) is 0. The molecule has 24 heavy (non-hydrogen) atoms. The van der Waals surface area contributed by atoms with Gasteiger partial charge in [0.25, 0.3) is 0 Å². The molecule has 3 nitrogen and oxygen atoms in total. The van der Waals surface area contributed by atoms with Gasteiger partial charge in [-0.3, -0.25) is 4.98 Å². The van der Waals surface area contributed by atoms with Crippen LogP contribution in [0.25, 0.3) is 0 Å². The van der Waals surface area contributed by atoms with E-state index in [1.807, 2.05) is 6.07 Å². The lowest BCUT2D eigenvalue weighted by Crippen LogP contribution is -2.11. The predicted octanol–water partition coefficient (Wildman–Crippen LogP) is 5.50. The summed E-state index contributed by atoms with van der Waals surface area (Å²) in [5.74, 6) is 1.61. The minimum atomic E-state index is 0.304. The number of nitrogens with zero attached hydrogens (tertiary/aromatic N) is 1. The van der Waals surface area contributed by atoms with Crippen LogP contribution >= 0.6 is 23.2 Å². The molecule has 1 fully saturated rings. The second kappa shape index (κ2) is 8.09. The van der Waals surface area contributed by atoms with Crippen molar-refractivity contribution in [3.8, 4) is 11.5 Å². The summed E-state index contributed by atoms with van der Waals surface area (Å²) in [4.78, 5) is 3.99. The first kappa shape index (κ1) is 17.4. The van der Waals surface area contributed by atoms with Gasteiger partial charge in [0.2, 0.25) is 0 Å². The average Bonchev–Trinajstić information content (AvgIpc) is 3.08. The van der Waals surface area contributed by atoms with E-state index in [1.165, 1.54) is 18.4 Å². The van der Waals surface area contributed by atoms with E-state index >= 15 is 0 Å². The molecule has 128 valence electrons. The number of halogens is 2. The van der Waals surface area contributed by atoms with Gasteiger partial charge in [0.15, 0.2) is 11.5 Å². The summed E-state index contributed by atoms with van der Waals surface area (Å²) in [5.41, 5.74) is 2.11. The zero-order valence-corrected chi connectivity index (χ0v) is 15.2. The van der Waals surface area contributed by atoms with Crippen LogP contribution in [0.1, 0.15) is 36.8 Å². The van der Waals surface area contributed by atoms with Crippen molar-refractivity contribution in [2.24, 2.45) is 0 Å². The highest BCUT2D eigenvalue weighted by molar-refractivity contribution is 6.35. The van der Waals surface area contributed by atoms with Crippen LogP contribution in [0.3, 0.4) is 0 Å². The van der Waals surface area contributed by atoms with Gasteiger partial charge < -0.3 is 9.47 Å². The Labute approximate surface area is 152 Å². The van der Waals surface area contributed by atoms with E-state index in [4.69, 9.17) is 32.7 Å². The largest absolute Gasteiger partial charge is 0.493 e. The Balaban J connectivity index is 1.73. The fourth-order valence-electron chi connectivity index (χ4n) is 3.10. The third-order valence-corrected chi connectivity index (χ3v) is 5.09. The molecule has 0 amide bonds. The minimum Gasteiger partial charge on any atom is -0.493 e. The Morgan fingerprint density at radius 2 is 1.75 bits per heavy atom. The van der Waals surface area contributed by atoms with Crippen LogP contribution in [0.15, 0.2) is 30.6 Å². The summed E-state index contributed by atoms with van der Waals surface area (Å²) in [6, 6.07) is 6.10. The van der Waals surface area contributed by atoms with E-state index in [0.717, 1.165) is 42.7 Å². The summed E-state index contributed by atoms with van der Waals surface area (Å²) in [6.45, 7) is 0. The lowest BCUT2D eigenvalue weighted by molar-refractivity contribution is 0.200. The number of aromatic nitrogens is 1. The van der Waals surface area contributed by atoms with Crippen LogP contribution in [-0.2, 0) is 12.8 Å². The first-order chi connectivity index (χ1) is 11.7. The van der Waals surface area contributed by atoms with Crippen molar-refractivity contribution in [3.05, 3.63) is 51.8 Å². The van der Waals surface area contributed by atoms with Crippen LogP contribution < -0.4 is 9.47 Å². The summed E-state index contributed by atoms with van der Waals surface area (Å²) < 4.78 is 11.6. The summed E-state index contributed by atoms with van der Waals surface area (Å²) in [7, 11) is 1.67. The van der Waals surface area contributed by atoms with Gasteiger partial charge in [-0.1, -0.05) is 29.3 Å². The molecule has 3 rings (SSSR count). The molecule has 2 aromatic rings. The molecule has 1 aromatic carbocycles. The fraction of sp³-hybridized carbons (Fsp3) is 0.421. The molecule has 0 aliphatic heterocycles. The number of aryl methyl sites for hydroxylation is 1. The molecule has 5 heteroatoms. The lowest BCUT2D eigenvalue weighted by Gasteiger charge is -2.17. The van der Waals surface area contributed by atoms with Crippen LogP contribution in [0, 0.1) is 0 Å². The fourth-order valence-corrected chi connectivity index (χ4v) is 3.65. The molecule has 0 bridgehead atoms. The maximum absolute atomic E-state index is 6.20. The molecule has 0 saturated heterocycles. The van der Waals surface area contributed by atoms with Crippen molar-refractivity contribution in [1.29, 1.82) is 0 Å². The van der Waals surface area contributed by atoms with Crippen molar-refractivity contribution in [2.75, 3.05) is 7.11 Å². The predicted molar refractivity (Wildman–Crippen MR) is 97.5 cm³/mol. The zero-order chi connectivity index (χ0) is 16.9. The highest BCUT2D eigenvalue weighted by Crippen LogP contribution is 2.33. The Hall–Kier alpha value is -1.45. The molecule has 0 unspecified atom stereocenters. The topological polar surface area (TPSA) is 31.4 Å². The van der Waals surface area contributed by atoms with Crippen LogP contribution in [0.4, 0.5) is 0 Å². The smallest absolute Gasteiger partial charge is 0.161 e. The summed E-state index contributed by atoms with van der Waals surface area (Å²) in [6.07, 6.45) is 9.88. The lowest BCUT2D eigenvalue weighted by atomic mass is 10.0. The molecule has 1 saturated carbocycles. The number of ether oxygens (including phenoxy) is 2. The quantitative estimate of drug-likeness (QED) is 0.676. The van der Waals surface area contributed by atoms with Crippen molar-refractivity contribution >= 4 is 23.2 Å². The number of rotatable bonds is 6. The number of pyridine rings is 1. The molecule has 1 aliphatic rings. The third kappa shape index (κ3) is 4.14. The van der Waals surface area contributed by atoms with E-state index in [1.54, 1.807) is 19.5 Å². The standard InChI is InChI=1S/C19H21Cl2NO2/c1-23-18-9-7-13(10-19(18)24-14-4-2-3-5-14)6-8-15-16(20)11-22-12-17(15)21/h7,9-12,14H,2-6,8H2,1H3. The minimum absolute atomic E-state index is 0.304. The Morgan fingerprint density at radius 3 is 2.42 bits per heavy atom. The normalized spacial score (nSPS) is 14.8. The summed E-state index contributed by atoms with van der Waals surface area (Å²) in [5, 5.41) is 1.22. The van der Waals surface area contributed by atoms with Gasteiger partial charge in [-0.25, -0.2) is 0 Å². The highest BCUT2D eigenvalue weighted by atomic mass is 35.5. The molecule has 1 heterocycles. The maximum atomic E-state index is 6.20. The first-order valence-electron chi connectivity index (χ1n) is 8.29. The molecular weight excluding hydrogens is 345 g/mol. The van der Waals surface area contributed by atoms with Crippen molar-refractivity contribution < 1.29 is 9.47 Å². The third-order valence-electron chi connectivity index (χ3n) is 4.44. The van der Waals surface area contributed by atoms with E-state index < -0.39 is 0 Å². The Bertz CT molecular complexity index is 680. The second-order valence-electron chi connectivity index (χ2n) is 6.09. The monoisotopic (exact) mass is 365 g/mol. The van der Waals surface area contributed by atoms with Crippen LogP contribution in [0.2, 0.25) is 10.0 Å². The molecular formula is C19H21Cl2NO2. The first-order valence-corrected chi connectivity index (χ1v) is 9.04. The van der Waals surface area contributed by atoms with E-state index in [-0.39, 0.29) is 0 Å². The molecule has 0 spiro atoms. The van der Waals surface area contributed by atoms with Gasteiger partial charge in [0.05, 0.1) is 23.3 Å². The van der Waals surface area contributed by atoms with E-state index in [0.29, 0.717) is 16.1 Å². The maximum Gasteiger partial charge on any atom is 0.161 e. The molecule has 0 atom stereocenters. The number of hydrogen-bond acceptors (Lipinski definition) is 3. The van der Waals surface area contributed by atoms with Crippen LogP contribution in [0.5, 0.6) is 11.5 Å². The zero-order valence-electron chi connectivity index (χ0n) is 13.7. The summed E-state index contributed by atoms with van der Waals surface area (Å²) >= 11 is 12.4. The molecule has 0 radical (unpaired) electrons. The van der Waals surface area contributed by atoms with Crippen molar-refractivity contribution in [2.45, 2.75) is 44.6 Å². The second-order valence-corrected chi connectivity index (χ2v) is 6.91. The SMILES string of the molecule is COc1ccc(CCc2c(Cl)cncc2Cl)cc1OC1CCCC1. The number of benzene rings is 1. The van der Waals surface area contributed by atoms with Crippen LogP contribution in [-0.4, -0.2) is 18.2 Å². The van der Waals surface area contributed by atoms with Gasteiger partial charge in [-0.05, 0) is 61.8 Å². The van der Waals surface area contributed by atoms with E-state index in [9.17, 15) is 0 Å². The van der Waals surface area contributed by atoms with Gasteiger partial charge in [-0.15, -0.1) is 0 Å². The Kier molecular flexibility index (Phi) is 5.85. The van der Waals surface area contributed by atoms with E-state index in [2.05, 4.69) is 17.1 Å². The molecule has 1 aliphatic carbocycles. The molecule has 1 aromatic heterocycles. The van der Waals surface area contributed by atoms with Gasteiger partial charge in [0, 0.05) is 12.4 Å². The van der Waals surface area contributed by atoms with Crippen molar-refractivity contribution in [3.63, 3.8) is 0 Å².